The monoisotopic (exact) mass is 331 g/mol. The molecule has 0 atom stereocenters. The quantitative estimate of drug-likeness (QED) is 0.927. The normalized spacial score (nSPS) is 15.2. The van der Waals surface area contributed by atoms with Gasteiger partial charge in [0.05, 0.1) is 24.8 Å². The number of nitrogens with two attached hydrogens (primary N) is 1. The first kappa shape index (κ1) is 15.9. The van der Waals surface area contributed by atoms with Gasteiger partial charge in [-0.25, -0.2) is 0 Å². The Morgan fingerprint density at radius 2 is 2.00 bits per heavy atom. The molecule has 114 valence electrons. The van der Waals surface area contributed by atoms with E-state index in [2.05, 4.69) is 10.1 Å². The lowest BCUT2D eigenvalue weighted by atomic mass is 10.2. The highest BCUT2D eigenvalue weighted by Gasteiger charge is 2.45. The number of aromatic nitrogens is 2. The Kier molecular flexibility index (Phi) is 4.32. The van der Waals surface area contributed by atoms with Crippen molar-refractivity contribution in [3.05, 3.63) is 23.0 Å². The Hall–Kier alpha value is -1.50. The Morgan fingerprint density at radius 3 is 2.57 bits per heavy atom. The van der Waals surface area contributed by atoms with E-state index in [0.717, 1.165) is 12.8 Å². The molecule has 1 heterocycles. The molecule has 21 heavy (non-hydrogen) atoms. The second-order valence-electron chi connectivity index (χ2n) is 4.77. The third-order valence-electron chi connectivity index (χ3n) is 3.33. The first-order valence-electron chi connectivity index (χ1n) is 6.12. The molecule has 8 heteroatoms. The Bertz CT molecular complexity index is 656. The van der Waals surface area contributed by atoms with Crippen molar-refractivity contribution in [3.63, 3.8) is 0 Å². The third-order valence-corrected chi connectivity index (χ3v) is 3.61. The predicted octanol–water partition coefficient (Wildman–Crippen LogP) is 2.78. The van der Waals surface area contributed by atoms with Gasteiger partial charge in [-0.15, -0.1) is 12.4 Å². The predicted molar refractivity (Wildman–Crippen MR) is 80.2 cm³/mol. The van der Waals surface area contributed by atoms with Crippen molar-refractivity contribution in [3.8, 4) is 22.9 Å². The van der Waals surface area contributed by atoms with Crippen molar-refractivity contribution < 1.29 is 14.0 Å². The zero-order valence-electron chi connectivity index (χ0n) is 11.6. The minimum atomic E-state index is -0.453. The van der Waals surface area contributed by atoms with E-state index in [0.29, 0.717) is 33.8 Å². The summed E-state index contributed by atoms with van der Waals surface area (Å²) in [5.74, 6) is 1.87. The smallest absolute Gasteiger partial charge is 0.247 e. The highest BCUT2D eigenvalue weighted by molar-refractivity contribution is 6.32. The van der Waals surface area contributed by atoms with Crippen molar-refractivity contribution >= 4 is 24.0 Å². The number of methoxy groups -OCH3 is 2. The maximum Gasteiger partial charge on any atom is 0.247 e. The summed E-state index contributed by atoms with van der Waals surface area (Å²) >= 11 is 6.16. The number of hydrogen-bond donors (Lipinski definition) is 1. The molecule has 1 fully saturated rings. The first-order chi connectivity index (χ1) is 9.57. The summed E-state index contributed by atoms with van der Waals surface area (Å²) < 4.78 is 15.6. The van der Waals surface area contributed by atoms with Crippen molar-refractivity contribution in [1.82, 2.24) is 10.1 Å². The van der Waals surface area contributed by atoms with Crippen LogP contribution in [0.1, 0.15) is 18.7 Å². The second kappa shape index (κ2) is 5.71. The van der Waals surface area contributed by atoms with Crippen molar-refractivity contribution in [2.75, 3.05) is 14.2 Å². The molecule has 1 aromatic heterocycles. The molecule has 0 spiro atoms. The summed E-state index contributed by atoms with van der Waals surface area (Å²) in [5.41, 5.74) is 6.26. The number of rotatable bonds is 4. The second-order valence-corrected chi connectivity index (χ2v) is 5.18. The lowest BCUT2D eigenvalue weighted by Crippen LogP contribution is -2.18. The summed E-state index contributed by atoms with van der Waals surface area (Å²) in [7, 11) is 3.07. The molecule has 0 unspecified atom stereocenters. The lowest BCUT2D eigenvalue weighted by molar-refractivity contribution is 0.348. The van der Waals surface area contributed by atoms with Gasteiger partial charge in [-0.3, -0.25) is 0 Å². The molecule has 0 aliphatic heterocycles. The van der Waals surface area contributed by atoms with Gasteiger partial charge in [0.25, 0.3) is 0 Å². The summed E-state index contributed by atoms with van der Waals surface area (Å²) in [6.07, 6.45) is 1.72. The van der Waals surface area contributed by atoms with Crippen LogP contribution in [0.5, 0.6) is 11.5 Å². The van der Waals surface area contributed by atoms with Crippen LogP contribution < -0.4 is 15.2 Å². The highest BCUT2D eigenvalue weighted by atomic mass is 35.5. The minimum absolute atomic E-state index is 0. The average molecular weight is 332 g/mol. The van der Waals surface area contributed by atoms with Crippen LogP contribution in [0.2, 0.25) is 5.02 Å². The van der Waals surface area contributed by atoms with Crippen molar-refractivity contribution in [2.45, 2.75) is 18.4 Å². The molecule has 1 saturated carbocycles. The van der Waals surface area contributed by atoms with Crippen molar-refractivity contribution in [1.29, 1.82) is 0 Å². The van der Waals surface area contributed by atoms with Crippen LogP contribution in [0, 0.1) is 0 Å². The van der Waals surface area contributed by atoms with Gasteiger partial charge in [0.1, 0.15) is 0 Å². The van der Waals surface area contributed by atoms with Gasteiger partial charge in [0, 0.05) is 5.56 Å². The molecular formula is C13H15Cl2N3O3. The van der Waals surface area contributed by atoms with Crippen molar-refractivity contribution in [2.24, 2.45) is 5.73 Å². The fraction of sp³-hybridized carbons (Fsp3) is 0.385. The molecule has 1 aliphatic rings. The first-order valence-corrected chi connectivity index (χ1v) is 6.50. The molecule has 0 amide bonds. The number of benzene rings is 1. The number of nitrogens with zero attached hydrogens (tertiary/aromatic N) is 2. The average Bonchev–Trinajstić information content (AvgIpc) is 3.01. The van der Waals surface area contributed by atoms with E-state index < -0.39 is 5.54 Å². The Balaban J connectivity index is 0.00000161. The summed E-state index contributed by atoms with van der Waals surface area (Å²) in [6, 6.07) is 3.45. The van der Waals surface area contributed by atoms with Gasteiger partial charge >= 0.3 is 0 Å². The van der Waals surface area contributed by atoms with E-state index in [1.807, 2.05) is 0 Å². The molecule has 0 bridgehead atoms. The van der Waals surface area contributed by atoms with Gasteiger partial charge in [0.2, 0.25) is 11.7 Å². The fourth-order valence-corrected chi connectivity index (χ4v) is 2.23. The molecule has 0 saturated heterocycles. The van der Waals surface area contributed by atoms with Gasteiger partial charge in [-0.1, -0.05) is 16.8 Å². The minimum Gasteiger partial charge on any atom is -0.493 e. The molecule has 0 radical (unpaired) electrons. The van der Waals surface area contributed by atoms with Crippen LogP contribution in [-0.4, -0.2) is 24.4 Å². The summed E-state index contributed by atoms with van der Waals surface area (Å²) in [6.45, 7) is 0. The SMILES string of the molecule is COc1cc(-c2noc(C3(N)CC3)n2)cc(Cl)c1OC.Cl. The fourth-order valence-electron chi connectivity index (χ4n) is 1.94. The topological polar surface area (TPSA) is 83.4 Å². The van der Waals surface area contributed by atoms with E-state index in [9.17, 15) is 0 Å². The van der Waals surface area contributed by atoms with Gasteiger partial charge in [0.15, 0.2) is 11.5 Å². The molecule has 1 aromatic carbocycles. The van der Waals surface area contributed by atoms with Crippen LogP contribution in [0.15, 0.2) is 16.7 Å². The van der Waals surface area contributed by atoms with Crippen LogP contribution in [0.25, 0.3) is 11.4 Å². The van der Waals surface area contributed by atoms with Crippen LogP contribution in [0.3, 0.4) is 0 Å². The van der Waals surface area contributed by atoms with E-state index in [4.69, 9.17) is 31.3 Å². The van der Waals surface area contributed by atoms with E-state index in [-0.39, 0.29) is 12.4 Å². The standard InChI is InChI=1S/C13H14ClN3O3.ClH/c1-18-9-6-7(5-8(14)10(9)19-2)11-16-12(20-17-11)13(15)3-4-13;/h5-6H,3-4,15H2,1-2H3;1H. The third kappa shape index (κ3) is 2.79. The molecule has 1 aliphatic carbocycles. The maximum absolute atomic E-state index is 6.16. The van der Waals surface area contributed by atoms with Crippen LogP contribution in [0.4, 0.5) is 0 Å². The van der Waals surface area contributed by atoms with E-state index in [1.165, 1.54) is 7.11 Å². The summed E-state index contributed by atoms with van der Waals surface area (Å²) in [5, 5.41) is 4.36. The largest absolute Gasteiger partial charge is 0.493 e. The highest BCUT2D eigenvalue weighted by Crippen LogP contribution is 2.43. The van der Waals surface area contributed by atoms with Gasteiger partial charge in [-0.05, 0) is 25.0 Å². The van der Waals surface area contributed by atoms with E-state index in [1.54, 1.807) is 19.2 Å². The summed E-state index contributed by atoms with van der Waals surface area (Å²) in [4.78, 5) is 4.33. The Morgan fingerprint density at radius 1 is 1.29 bits per heavy atom. The molecule has 2 aromatic rings. The molecule has 3 rings (SSSR count). The zero-order chi connectivity index (χ0) is 14.3. The molecule has 6 nitrogen and oxygen atoms in total. The van der Waals surface area contributed by atoms with Crippen LogP contribution >= 0.6 is 24.0 Å². The molecule has 2 N–H and O–H groups in total. The van der Waals surface area contributed by atoms with Gasteiger partial charge < -0.3 is 19.7 Å². The Labute approximate surface area is 133 Å². The molecular weight excluding hydrogens is 317 g/mol. The maximum atomic E-state index is 6.16. The zero-order valence-corrected chi connectivity index (χ0v) is 13.1. The number of hydrogen-bond acceptors (Lipinski definition) is 6. The number of ether oxygens (including phenoxy) is 2. The number of halogens is 2. The van der Waals surface area contributed by atoms with Crippen LogP contribution in [-0.2, 0) is 5.54 Å². The lowest BCUT2D eigenvalue weighted by Gasteiger charge is -2.10. The van der Waals surface area contributed by atoms with E-state index >= 15 is 0 Å². The van der Waals surface area contributed by atoms with Gasteiger partial charge in [-0.2, -0.15) is 4.98 Å².